The number of methoxy groups -OCH3 is 1. The molecule has 4 nitrogen and oxygen atoms in total. The quantitative estimate of drug-likeness (QED) is 0.608. The van der Waals surface area contributed by atoms with E-state index in [1.807, 2.05) is 4.57 Å². The fraction of sp³-hybridized carbons (Fsp3) is 0.263. The van der Waals surface area contributed by atoms with Gasteiger partial charge in [-0.25, -0.2) is 0 Å². The summed E-state index contributed by atoms with van der Waals surface area (Å²) in [4.78, 5) is 17.6. The Balaban J connectivity index is 2.17. The van der Waals surface area contributed by atoms with E-state index in [0.717, 1.165) is 10.2 Å². The molecule has 7 heteroatoms. The van der Waals surface area contributed by atoms with Crippen molar-refractivity contribution in [1.82, 2.24) is 4.57 Å². The van der Waals surface area contributed by atoms with Crippen molar-refractivity contribution in [2.75, 3.05) is 13.7 Å². The van der Waals surface area contributed by atoms with E-state index >= 15 is 0 Å². The fourth-order valence-electron chi connectivity index (χ4n) is 2.61. The first-order valence-electron chi connectivity index (χ1n) is 8.04. The van der Waals surface area contributed by atoms with E-state index < -0.39 is 5.91 Å². The van der Waals surface area contributed by atoms with Gasteiger partial charge in [-0.2, -0.15) is 4.99 Å². The standard InChI is InChI=1S/C19H18Cl2N2O2S/c1-11-8-16-17(9-12(11)2)26-19(23(16)6-7-25-3)22-18(24)14-10-13(20)4-5-15(14)21/h4-5,8-10H,6-7H2,1-3H3. The topological polar surface area (TPSA) is 43.6 Å². The molecule has 0 aliphatic heterocycles. The van der Waals surface area contributed by atoms with Crippen molar-refractivity contribution >= 4 is 50.7 Å². The van der Waals surface area contributed by atoms with Crippen LogP contribution >= 0.6 is 34.5 Å². The molecule has 1 amide bonds. The molecule has 136 valence electrons. The predicted octanol–water partition coefficient (Wildman–Crippen LogP) is 5.01. The highest BCUT2D eigenvalue weighted by Crippen LogP contribution is 2.23. The molecule has 2 aromatic carbocycles. The zero-order valence-electron chi connectivity index (χ0n) is 14.7. The van der Waals surface area contributed by atoms with Gasteiger partial charge in [-0.05, 0) is 55.3 Å². The minimum absolute atomic E-state index is 0.294. The van der Waals surface area contributed by atoms with Gasteiger partial charge >= 0.3 is 0 Å². The normalized spacial score (nSPS) is 12.1. The number of halogens is 2. The van der Waals surface area contributed by atoms with Crippen molar-refractivity contribution in [2.45, 2.75) is 20.4 Å². The summed E-state index contributed by atoms with van der Waals surface area (Å²) in [5, 5.41) is 0.780. The maximum absolute atomic E-state index is 12.7. The molecule has 0 saturated heterocycles. The van der Waals surface area contributed by atoms with Gasteiger partial charge in [0.1, 0.15) is 0 Å². The van der Waals surface area contributed by atoms with Crippen LogP contribution in [0.25, 0.3) is 10.2 Å². The number of carbonyl (C=O) groups excluding carboxylic acids is 1. The molecule has 0 spiro atoms. The van der Waals surface area contributed by atoms with Crippen LogP contribution in [0.15, 0.2) is 35.3 Å². The Bertz CT molecular complexity index is 1050. The Morgan fingerprint density at radius 1 is 1.19 bits per heavy atom. The SMILES string of the molecule is COCCn1c(=NC(=O)c2cc(Cl)ccc2Cl)sc2cc(C)c(C)cc21. The van der Waals surface area contributed by atoms with Crippen molar-refractivity contribution in [3.05, 3.63) is 61.9 Å². The molecule has 0 aliphatic rings. The second kappa shape index (κ2) is 7.92. The maximum atomic E-state index is 12.7. The number of rotatable bonds is 4. The van der Waals surface area contributed by atoms with Crippen LogP contribution in [0, 0.1) is 13.8 Å². The van der Waals surface area contributed by atoms with E-state index in [-0.39, 0.29) is 0 Å². The highest BCUT2D eigenvalue weighted by atomic mass is 35.5. The van der Waals surface area contributed by atoms with Crippen molar-refractivity contribution in [3.63, 3.8) is 0 Å². The van der Waals surface area contributed by atoms with Crippen LogP contribution in [0.1, 0.15) is 21.5 Å². The Kier molecular flexibility index (Phi) is 5.82. The van der Waals surface area contributed by atoms with Crippen LogP contribution in [-0.2, 0) is 11.3 Å². The highest BCUT2D eigenvalue weighted by molar-refractivity contribution is 7.16. The monoisotopic (exact) mass is 408 g/mol. The molecule has 0 fully saturated rings. The minimum atomic E-state index is -0.413. The summed E-state index contributed by atoms with van der Waals surface area (Å²) in [6, 6.07) is 9.02. The molecule has 26 heavy (non-hydrogen) atoms. The smallest absolute Gasteiger partial charge is 0.281 e. The number of carbonyl (C=O) groups is 1. The minimum Gasteiger partial charge on any atom is -0.383 e. The number of benzene rings is 2. The fourth-order valence-corrected chi connectivity index (χ4v) is 4.12. The van der Waals surface area contributed by atoms with Gasteiger partial charge in [0, 0.05) is 18.7 Å². The van der Waals surface area contributed by atoms with Gasteiger partial charge in [-0.1, -0.05) is 34.5 Å². The van der Waals surface area contributed by atoms with Gasteiger partial charge in [-0.3, -0.25) is 4.79 Å². The van der Waals surface area contributed by atoms with E-state index in [4.69, 9.17) is 27.9 Å². The lowest BCUT2D eigenvalue weighted by molar-refractivity contribution is 0.0997. The molecule has 0 saturated carbocycles. The van der Waals surface area contributed by atoms with Crippen LogP contribution in [0.5, 0.6) is 0 Å². The molecule has 0 aliphatic carbocycles. The lowest BCUT2D eigenvalue weighted by Crippen LogP contribution is -2.19. The molecule has 0 N–H and O–H groups in total. The Morgan fingerprint density at radius 2 is 1.92 bits per heavy atom. The summed E-state index contributed by atoms with van der Waals surface area (Å²) in [6.07, 6.45) is 0. The number of fused-ring (bicyclic) bond motifs is 1. The zero-order valence-corrected chi connectivity index (χ0v) is 17.0. The Hall–Kier alpha value is -1.66. The lowest BCUT2D eigenvalue weighted by atomic mass is 10.1. The first-order chi connectivity index (χ1) is 12.4. The number of aryl methyl sites for hydroxylation is 2. The van der Waals surface area contributed by atoms with Gasteiger partial charge in [0.05, 0.1) is 27.4 Å². The molecule has 1 aromatic heterocycles. The number of amides is 1. The second-order valence-electron chi connectivity index (χ2n) is 5.97. The molecule has 0 unspecified atom stereocenters. The van der Waals surface area contributed by atoms with Crippen molar-refractivity contribution in [2.24, 2.45) is 4.99 Å². The van der Waals surface area contributed by atoms with Gasteiger partial charge in [0.15, 0.2) is 4.80 Å². The summed E-state index contributed by atoms with van der Waals surface area (Å²) in [5.41, 5.74) is 3.73. The van der Waals surface area contributed by atoms with Gasteiger partial charge < -0.3 is 9.30 Å². The van der Waals surface area contributed by atoms with Crippen LogP contribution in [0.2, 0.25) is 10.0 Å². The first kappa shape index (κ1) is 19.1. The number of nitrogens with zero attached hydrogens (tertiary/aromatic N) is 2. The van der Waals surface area contributed by atoms with E-state index in [1.165, 1.54) is 28.5 Å². The number of thiazole rings is 1. The van der Waals surface area contributed by atoms with Crippen molar-refractivity contribution in [1.29, 1.82) is 0 Å². The van der Waals surface area contributed by atoms with E-state index in [2.05, 4.69) is 31.0 Å². The number of ether oxygens (including phenoxy) is 1. The molecular weight excluding hydrogens is 391 g/mol. The Morgan fingerprint density at radius 3 is 2.65 bits per heavy atom. The van der Waals surface area contributed by atoms with E-state index in [0.29, 0.717) is 33.6 Å². The van der Waals surface area contributed by atoms with Gasteiger partial charge in [0.2, 0.25) is 0 Å². The van der Waals surface area contributed by atoms with Gasteiger partial charge in [-0.15, -0.1) is 0 Å². The summed E-state index contributed by atoms with van der Waals surface area (Å²) >= 11 is 13.6. The third-order valence-corrected chi connectivity index (χ3v) is 5.78. The maximum Gasteiger partial charge on any atom is 0.281 e. The molecule has 3 rings (SSSR count). The average Bonchev–Trinajstić information content (AvgIpc) is 2.91. The molecule has 0 atom stereocenters. The molecule has 0 bridgehead atoms. The zero-order chi connectivity index (χ0) is 18.8. The average molecular weight is 409 g/mol. The number of hydrogen-bond donors (Lipinski definition) is 0. The van der Waals surface area contributed by atoms with Crippen LogP contribution in [-0.4, -0.2) is 24.2 Å². The van der Waals surface area contributed by atoms with E-state index in [1.54, 1.807) is 19.2 Å². The van der Waals surface area contributed by atoms with E-state index in [9.17, 15) is 4.79 Å². The second-order valence-corrected chi connectivity index (χ2v) is 7.83. The largest absolute Gasteiger partial charge is 0.383 e. The van der Waals surface area contributed by atoms with Crippen LogP contribution in [0.4, 0.5) is 0 Å². The third kappa shape index (κ3) is 3.86. The van der Waals surface area contributed by atoms with Crippen molar-refractivity contribution < 1.29 is 9.53 Å². The van der Waals surface area contributed by atoms with Gasteiger partial charge in [0.25, 0.3) is 5.91 Å². The summed E-state index contributed by atoms with van der Waals surface area (Å²) in [5.74, 6) is -0.413. The molecular formula is C19H18Cl2N2O2S. The van der Waals surface area contributed by atoms with Crippen LogP contribution in [0.3, 0.4) is 0 Å². The first-order valence-corrected chi connectivity index (χ1v) is 9.61. The third-order valence-electron chi connectivity index (χ3n) is 4.17. The predicted molar refractivity (Wildman–Crippen MR) is 108 cm³/mol. The molecule has 3 aromatic rings. The van der Waals surface area contributed by atoms with Crippen LogP contribution < -0.4 is 4.80 Å². The summed E-state index contributed by atoms with van der Waals surface area (Å²) in [7, 11) is 1.65. The number of aromatic nitrogens is 1. The molecule has 0 radical (unpaired) electrons. The van der Waals surface area contributed by atoms with Crippen molar-refractivity contribution in [3.8, 4) is 0 Å². The highest BCUT2D eigenvalue weighted by Gasteiger charge is 2.13. The molecule has 1 heterocycles. The lowest BCUT2D eigenvalue weighted by Gasteiger charge is -2.06. The summed E-state index contributed by atoms with van der Waals surface area (Å²) < 4.78 is 8.30. The Labute approximate surface area is 165 Å². The number of hydrogen-bond acceptors (Lipinski definition) is 3. The summed E-state index contributed by atoms with van der Waals surface area (Å²) in [6.45, 7) is 5.27.